The molecule has 1 saturated heterocycles. The third kappa shape index (κ3) is 4.84. The third-order valence-electron chi connectivity index (χ3n) is 2.35. The number of imide groups is 1. The average molecular weight is 241 g/mol. The minimum atomic E-state index is -0.258. The van der Waals surface area contributed by atoms with Gasteiger partial charge < -0.3 is 0 Å². The Morgan fingerprint density at radius 1 is 1.25 bits per heavy atom. The molecular formula is C12H19NO2S. The van der Waals surface area contributed by atoms with Crippen LogP contribution >= 0.6 is 11.8 Å². The fourth-order valence-electron chi connectivity index (χ4n) is 1.49. The van der Waals surface area contributed by atoms with Crippen molar-refractivity contribution >= 4 is 22.9 Å². The van der Waals surface area contributed by atoms with E-state index in [1.54, 1.807) is 0 Å². The van der Waals surface area contributed by atoms with Gasteiger partial charge in [0.1, 0.15) is 0 Å². The van der Waals surface area contributed by atoms with Gasteiger partial charge in [-0.25, -0.2) is 0 Å². The summed E-state index contributed by atoms with van der Waals surface area (Å²) in [7, 11) is 0. The summed E-state index contributed by atoms with van der Waals surface area (Å²) in [6.07, 6.45) is 6.16. The number of allylic oxidation sites excluding steroid dienone is 1. The van der Waals surface area contributed by atoms with Crippen molar-refractivity contribution in [3.8, 4) is 0 Å². The van der Waals surface area contributed by atoms with Crippen LogP contribution < -0.4 is 5.32 Å². The highest BCUT2D eigenvalue weighted by atomic mass is 32.2. The fourth-order valence-corrected chi connectivity index (χ4v) is 2.18. The molecule has 4 heteroatoms. The van der Waals surface area contributed by atoms with Gasteiger partial charge in [-0.3, -0.25) is 14.9 Å². The van der Waals surface area contributed by atoms with E-state index in [-0.39, 0.29) is 11.1 Å². The zero-order valence-corrected chi connectivity index (χ0v) is 10.9. The van der Waals surface area contributed by atoms with Gasteiger partial charge >= 0.3 is 0 Å². The molecule has 1 N–H and O–H groups in total. The first-order valence-electron chi connectivity index (χ1n) is 5.62. The Morgan fingerprint density at radius 3 is 2.44 bits per heavy atom. The van der Waals surface area contributed by atoms with E-state index in [9.17, 15) is 9.59 Å². The molecular weight excluding hydrogens is 222 g/mol. The summed E-state index contributed by atoms with van der Waals surface area (Å²) in [5.74, 6) is -0.245. The molecule has 1 aliphatic rings. The van der Waals surface area contributed by atoms with E-state index in [0.717, 1.165) is 31.0 Å². The summed E-state index contributed by atoms with van der Waals surface area (Å²) in [6, 6.07) is 0. The summed E-state index contributed by atoms with van der Waals surface area (Å²) in [6.45, 7) is 6.68. The molecule has 3 nitrogen and oxygen atoms in total. The molecule has 0 atom stereocenters. The van der Waals surface area contributed by atoms with Crippen LogP contribution in [0.2, 0.25) is 0 Å². The molecule has 2 amide bonds. The van der Waals surface area contributed by atoms with E-state index in [2.05, 4.69) is 26.1 Å². The van der Waals surface area contributed by atoms with Gasteiger partial charge in [0.05, 0.1) is 4.91 Å². The molecule has 0 spiro atoms. The first kappa shape index (κ1) is 13.3. The number of hydrogen-bond acceptors (Lipinski definition) is 3. The highest BCUT2D eigenvalue weighted by Crippen LogP contribution is 2.25. The van der Waals surface area contributed by atoms with E-state index in [0.29, 0.717) is 10.3 Å². The van der Waals surface area contributed by atoms with E-state index in [1.165, 1.54) is 6.42 Å². The van der Waals surface area contributed by atoms with Gasteiger partial charge in [-0.15, -0.1) is 0 Å². The Balaban J connectivity index is 2.22. The molecule has 0 unspecified atom stereocenters. The first-order chi connectivity index (χ1) is 7.38. The maximum atomic E-state index is 11.2. The van der Waals surface area contributed by atoms with E-state index in [4.69, 9.17) is 0 Å². The summed E-state index contributed by atoms with van der Waals surface area (Å²) >= 11 is 0.999. The van der Waals surface area contributed by atoms with Crippen molar-refractivity contribution in [3.05, 3.63) is 11.0 Å². The molecule has 0 aliphatic carbocycles. The highest BCUT2D eigenvalue weighted by Gasteiger charge is 2.24. The molecule has 1 aliphatic heterocycles. The number of amides is 2. The molecule has 0 saturated carbocycles. The van der Waals surface area contributed by atoms with Crippen LogP contribution in [0.5, 0.6) is 0 Å². The number of unbranched alkanes of at least 4 members (excludes halogenated alkanes) is 2. The molecule has 0 aromatic heterocycles. The Labute approximate surface area is 101 Å². The lowest BCUT2D eigenvalue weighted by molar-refractivity contribution is -0.115. The molecule has 0 aromatic carbocycles. The maximum Gasteiger partial charge on any atom is 0.290 e. The Morgan fingerprint density at radius 2 is 1.94 bits per heavy atom. The Kier molecular flexibility index (Phi) is 4.59. The number of carbonyl (C=O) groups is 2. The van der Waals surface area contributed by atoms with Crippen molar-refractivity contribution in [2.75, 3.05) is 0 Å². The second kappa shape index (κ2) is 5.53. The minimum Gasteiger partial charge on any atom is -0.282 e. The van der Waals surface area contributed by atoms with Crippen molar-refractivity contribution < 1.29 is 9.59 Å². The second-order valence-corrected chi connectivity index (χ2v) is 6.23. The van der Waals surface area contributed by atoms with Gasteiger partial charge in [0.2, 0.25) is 0 Å². The van der Waals surface area contributed by atoms with Crippen LogP contribution in [-0.4, -0.2) is 11.1 Å². The van der Waals surface area contributed by atoms with Crippen LogP contribution in [0.25, 0.3) is 0 Å². The molecule has 1 rings (SSSR count). The second-order valence-electron chi connectivity index (χ2n) is 5.22. The highest BCUT2D eigenvalue weighted by molar-refractivity contribution is 8.18. The largest absolute Gasteiger partial charge is 0.290 e. The van der Waals surface area contributed by atoms with Gasteiger partial charge in [0.25, 0.3) is 11.1 Å². The average Bonchev–Trinajstić information content (AvgIpc) is 2.42. The van der Waals surface area contributed by atoms with E-state index < -0.39 is 0 Å². The summed E-state index contributed by atoms with van der Waals surface area (Å²) < 4.78 is 0. The number of rotatable bonds is 4. The molecule has 0 aromatic rings. The Hall–Kier alpha value is -0.770. The number of nitrogens with one attached hydrogen (secondary N) is 1. The van der Waals surface area contributed by atoms with Crippen molar-refractivity contribution in [2.24, 2.45) is 5.41 Å². The SMILES string of the molecule is CC(C)(C)CCCC/C=C1/SC(=O)NC1=O. The quantitative estimate of drug-likeness (QED) is 0.605. The number of hydrogen-bond donors (Lipinski definition) is 1. The molecule has 0 bridgehead atoms. The van der Waals surface area contributed by atoms with E-state index in [1.807, 2.05) is 6.08 Å². The van der Waals surface area contributed by atoms with Crippen molar-refractivity contribution in [1.29, 1.82) is 0 Å². The van der Waals surface area contributed by atoms with Gasteiger partial charge in [0.15, 0.2) is 0 Å². The van der Waals surface area contributed by atoms with Crippen molar-refractivity contribution in [3.63, 3.8) is 0 Å². The molecule has 16 heavy (non-hydrogen) atoms. The summed E-state index contributed by atoms with van der Waals surface area (Å²) in [5, 5.41) is 1.99. The molecule has 1 heterocycles. The predicted octanol–water partition coefficient (Wildman–Crippen LogP) is 3.46. The summed E-state index contributed by atoms with van der Waals surface area (Å²) in [4.78, 5) is 22.6. The fraction of sp³-hybridized carbons (Fsp3) is 0.667. The Bertz CT molecular complexity index is 315. The molecule has 0 radical (unpaired) electrons. The third-order valence-corrected chi connectivity index (χ3v) is 3.21. The first-order valence-corrected chi connectivity index (χ1v) is 6.43. The van der Waals surface area contributed by atoms with Crippen LogP contribution in [0.15, 0.2) is 11.0 Å². The van der Waals surface area contributed by atoms with Crippen LogP contribution in [0, 0.1) is 5.41 Å². The van der Waals surface area contributed by atoms with Gasteiger partial charge in [0, 0.05) is 0 Å². The normalized spacial score (nSPS) is 19.3. The van der Waals surface area contributed by atoms with Crippen LogP contribution in [0.4, 0.5) is 4.79 Å². The molecule has 90 valence electrons. The van der Waals surface area contributed by atoms with Crippen molar-refractivity contribution in [1.82, 2.24) is 5.32 Å². The lowest BCUT2D eigenvalue weighted by Gasteiger charge is -2.17. The van der Waals surface area contributed by atoms with Gasteiger partial charge in [-0.1, -0.05) is 33.3 Å². The zero-order chi connectivity index (χ0) is 12.2. The van der Waals surface area contributed by atoms with Crippen molar-refractivity contribution in [2.45, 2.75) is 46.5 Å². The van der Waals surface area contributed by atoms with Crippen LogP contribution in [0.1, 0.15) is 46.5 Å². The van der Waals surface area contributed by atoms with Gasteiger partial charge in [-0.05, 0) is 36.4 Å². The summed E-state index contributed by atoms with van der Waals surface area (Å²) in [5.41, 5.74) is 0.378. The minimum absolute atomic E-state index is 0.245. The lowest BCUT2D eigenvalue weighted by Crippen LogP contribution is -2.17. The maximum absolute atomic E-state index is 11.2. The lowest BCUT2D eigenvalue weighted by atomic mass is 9.89. The monoisotopic (exact) mass is 241 g/mol. The topological polar surface area (TPSA) is 46.2 Å². The van der Waals surface area contributed by atoms with Crippen LogP contribution in [-0.2, 0) is 4.79 Å². The smallest absolute Gasteiger partial charge is 0.282 e. The zero-order valence-electron chi connectivity index (χ0n) is 10.1. The van der Waals surface area contributed by atoms with E-state index >= 15 is 0 Å². The number of thioether (sulfide) groups is 1. The van der Waals surface area contributed by atoms with Crippen LogP contribution in [0.3, 0.4) is 0 Å². The number of carbonyl (C=O) groups excluding carboxylic acids is 2. The predicted molar refractivity (Wildman–Crippen MR) is 67.1 cm³/mol. The van der Waals surface area contributed by atoms with Gasteiger partial charge in [-0.2, -0.15) is 0 Å². The standard InChI is InChI=1S/C12H19NO2S/c1-12(2,3)8-6-4-5-7-9-10(14)13-11(15)16-9/h7H,4-6,8H2,1-3H3,(H,13,14,15)/b9-7+. The molecule has 1 fully saturated rings.